The number of Topliss-reactive ketones (excluding diaryl/α,β-unsaturated/α-hetero) is 1. The van der Waals surface area contributed by atoms with E-state index < -0.39 is 11.6 Å². The molecule has 0 aliphatic carbocycles. The summed E-state index contributed by atoms with van der Waals surface area (Å²) in [6.07, 6.45) is 2.98. The Morgan fingerprint density at radius 2 is 1.79 bits per heavy atom. The van der Waals surface area contributed by atoms with Crippen LogP contribution in [0.15, 0.2) is 30.6 Å². The third-order valence-electron chi connectivity index (χ3n) is 2.31. The van der Waals surface area contributed by atoms with Gasteiger partial charge in [-0.1, -0.05) is 13.8 Å². The SMILES string of the molecule is CC.CC(=O)c1cnn(Cc2cc(F)cc(F)c2)c1. The predicted molar refractivity (Wildman–Crippen MR) is 69.0 cm³/mol. The average molecular weight is 266 g/mol. The molecule has 2 aromatic rings. The molecule has 0 N–H and O–H groups in total. The van der Waals surface area contributed by atoms with E-state index >= 15 is 0 Å². The van der Waals surface area contributed by atoms with E-state index in [0.717, 1.165) is 6.07 Å². The van der Waals surface area contributed by atoms with Crippen LogP contribution in [0.2, 0.25) is 0 Å². The monoisotopic (exact) mass is 266 g/mol. The lowest BCUT2D eigenvalue weighted by Gasteiger charge is -2.02. The first-order valence-electron chi connectivity index (χ1n) is 6.03. The van der Waals surface area contributed by atoms with Crippen LogP contribution in [-0.4, -0.2) is 15.6 Å². The maximum Gasteiger partial charge on any atom is 0.162 e. The van der Waals surface area contributed by atoms with E-state index in [1.807, 2.05) is 13.8 Å². The first-order valence-corrected chi connectivity index (χ1v) is 6.03. The first kappa shape index (κ1) is 15.0. The van der Waals surface area contributed by atoms with Gasteiger partial charge in [0.2, 0.25) is 0 Å². The molecule has 19 heavy (non-hydrogen) atoms. The second kappa shape index (κ2) is 6.78. The molecule has 102 valence electrons. The van der Waals surface area contributed by atoms with Crippen LogP contribution < -0.4 is 0 Å². The fourth-order valence-corrected chi connectivity index (χ4v) is 1.52. The number of nitrogens with zero attached hydrogens (tertiary/aromatic N) is 2. The first-order chi connectivity index (χ1) is 9.04. The van der Waals surface area contributed by atoms with Crippen LogP contribution in [-0.2, 0) is 6.54 Å². The van der Waals surface area contributed by atoms with Crippen molar-refractivity contribution in [3.63, 3.8) is 0 Å². The third-order valence-corrected chi connectivity index (χ3v) is 2.31. The van der Waals surface area contributed by atoms with Gasteiger partial charge in [0.25, 0.3) is 0 Å². The van der Waals surface area contributed by atoms with Gasteiger partial charge >= 0.3 is 0 Å². The zero-order valence-corrected chi connectivity index (χ0v) is 11.2. The smallest absolute Gasteiger partial charge is 0.162 e. The topological polar surface area (TPSA) is 34.9 Å². The van der Waals surface area contributed by atoms with Crippen molar-refractivity contribution in [1.82, 2.24) is 9.78 Å². The number of halogens is 2. The minimum absolute atomic E-state index is 0.0957. The molecule has 0 spiro atoms. The highest BCUT2D eigenvalue weighted by Gasteiger charge is 2.05. The van der Waals surface area contributed by atoms with Crippen LogP contribution in [0.1, 0.15) is 36.7 Å². The summed E-state index contributed by atoms with van der Waals surface area (Å²) < 4.78 is 27.3. The molecule has 0 bridgehead atoms. The number of rotatable bonds is 3. The lowest BCUT2D eigenvalue weighted by molar-refractivity contribution is 0.101. The molecule has 5 heteroatoms. The molecule has 2 rings (SSSR count). The van der Waals surface area contributed by atoms with Gasteiger partial charge in [-0.3, -0.25) is 9.48 Å². The number of hydrogen-bond donors (Lipinski definition) is 0. The highest BCUT2D eigenvalue weighted by molar-refractivity contribution is 5.93. The van der Waals surface area contributed by atoms with Gasteiger partial charge in [0.05, 0.1) is 18.3 Å². The molecule has 0 aliphatic rings. The molecule has 0 fully saturated rings. The molecular weight excluding hydrogens is 250 g/mol. The van der Waals surface area contributed by atoms with Crippen LogP contribution in [0.25, 0.3) is 0 Å². The Balaban J connectivity index is 0.000000861. The Morgan fingerprint density at radius 3 is 2.26 bits per heavy atom. The van der Waals surface area contributed by atoms with Gasteiger partial charge in [-0.05, 0) is 24.6 Å². The van der Waals surface area contributed by atoms with Crippen molar-refractivity contribution in [2.24, 2.45) is 0 Å². The van der Waals surface area contributed by atoms with Gasteiger partial charge in [-0.15, -0.1) is 0 Å². The van der Waals surface area contributed by atoms with E-state index in [2.05, 4.69) is 5.10 Å². The molecule has 3 nitrogen and oxygen atoms in total. The van der Waals surface area contributed by atoms with Gasteiger partial charge in [0.1, 0.15) is 11.6 Å². The molecule has 1 heterocycles. The Morgan fingerprint density at radius 1 is 1.21 bits per heavy atom. The average Bonchev–Trinajstić information content (AvgIpc) is 2.79. The van der Waals surface area contributed by atoms with Crippen LogP contribution in [0.4, 0.5) is 8.78 Å². The molecular formula is C14H16F2N2O. The Labute approximate surface area is 110 Å². The number of carbonyl (C=O) groups is 1. The van der Waals surface area contributed by atoms with Crippen molar-refractivity contribution < 1.29 is 13.6 Å². The van der Waals surface area contributed by atoms with Gasteiger partial charge in [0, 0.05) is 12.3 Å². The highest BCUT2D eigenvalue weighted by Crippen LogP contribution is 2.10. The molecule has 0 atom stereocenters. The largest absolute Gasteiger partial charge is 0.294 e. The van der Waals surface area contributed by atoms with E-state index in [1.165, 1.54) is 29.9 Å². The molecule has 1 aromatic carbocycles. The maximum absolute atomic E-state index is 12.9. The number of carbonyl (C=O) groups excluding carboxylic acids is 1. The molecule has 0 aliphatic heterocycles. The molecule has 0 radical (unpaired) electrons. The van der Waals surface area contributed by atoms with E-state index in [-0.39, 0.29) is 12.3 Å². The normalized spacial score (nSPS) is 9.74. The fraction of sp³-hybridized carbons (Fsp3) is 0.286. The van der Waals surface area contributed by atoms with Crippen LogP contribution in [0.3, 0.4) is 0 Å². The summed E-state index contributed by atoms with van der Waals surface area (Å²) >= 11 is 0. The van der Waals surface area contributed by atoms with Gasteiger partial charge in [-0.25, -0.2) is 8.78 Å². The lowest BCUT2D eigenvalue weighted by atomic mass is 10.2. The highest BCUT2D eigenvalue weighted by atomic mass is 19.1. The summed E-state index contributed by atoms with van der Waals surface area (Å²) in [5.41, 5.74) is 0.933. The summed E-state index contributed by atoms with van der Waals surface area (Å²) in [4.78, 5) is 11.0. The van der Waals surface area contributed by atoms with E-state index in [1.54, 1.807) is 6.20 Å². The number of hydrogen-bond acceptors (Lipinski definition) is 2. The number of ketones is 1. The minimum Gasteiger partial charge on any atom is -0.294 e. The standard InChI is InChI=1S/C12H10F2N2O.C2H6/c1-8(17)10-5-15-16(7-10)6-9-2-11(13)4-12(14)3-9;1-2/h2-5,7H,6H2,1H3;1-2H3. The van der Waals surface area contributed by atoms with Gasteiger partial charge in [-0.2, -0.15) is 5.10 Å². The predicted octanol–water partition coefficient (Wildman–Crippen LogP) is 3.44. The molecule has 0 amide bonds. The third kappa shape index (κ3) is 4.28. The van der Waals surface area contributed by atoms with Gasteiger partial charge < -0.3 is 0 Å². The Bertz CT molecular complexity index is 544. The Hall–Kier alpha value is -2.04. The minimum atomic E-state index is -0.626. The van der Waals surface area contributed by atoms with E-state index in [4.69, 9.17) is 0 Å². The summed E-state index contributed by atoms with van der Waals surface area (Å²) in [5.74, 6) is -1.35. The van der Waals surface area contributed by atoms with E-state index in [0.29, 0.717) is 11.1 Å². The maximum atomic E-state index is 12.9. The van der Waals surface area contributed by atoms with Crippen LogP contribution >= 0.6 is 0 Å². The zero-order valence-electron chi connectivity index (χ0n) is 11.2. The molecule has 0 saturated heterocycles. The lowest BCUT2D eigenvalue weighted by Crippen LogP contribution is -2.01. The zero-order chi connectivity index (χ0) is 14.4. The van der Waals surface area contributed by atoms with Crippen molar-refractivity contribution in [2.45, 2.75) is 27.3 Å². The van der Waals surface area contributed by atoms with E-state index in [9.17, 15) is 13.6 Å². The molecule has 0 unspecified atom stereocenters. The second-order valence-corrected chi connectivity index (χ2v) is 3.76. The Kier molecular flexibility index (Phi) is 5.36. The number of benzene rings is 1. The summed E-state index contributed by atoms with van der Waals surface area (Å²) in [6, 6.07) is 3.28. The summed E-state index contributed by atoms with van der Waals surface area (Å²) in [5, 5.41) is 3.94. The summed E-state index contributed by atoms with van der Waals surface area (Å²) in [6.45, 7) is 5.66. The van der Waals surface area contributed by atoms with Crippen LogP contribution in [0, 0.1) is 11.6 Å². The van der Waals surface area contributed by atoms with Gasteiger partial charge in [0.15, 0.2) is 5.78 Å². The van der Waals surface area contributed by atoms with Crippen molar-refractivity contribution in [2.75, 3.05) is 0 Å². The molecule has 0 saturated carbocycles. The number of aromatic nitrogens is 2. The van der Waals surface area contributed by atoms with Crippen molar-refractivity contribution >= 4 is 5.78 Å². The van der Waals surface area contributed by atoms with Crippen molar-refractivity contribution in [1.29, 1.82) is 0 Å². The van der Waals surface area contributed by atoms with Crippen molar-refractivity contribution in [3.8, 4) is 0 Å². The van der Waals surface area contributed by atoms with Crippen LogP contribution in [0.5, 0.6) is 0 Å². The summed E-state index contributed by atoms with van der Waals surface area (Å²) in [7, 11) is 0. The second-order valence-electron chi connectivity index (χ2n) is 3.76. The quantitative estimate of drug-likeness (QED) is 0.798. The fourth-order valence-electron chi connectivity index (χ4n) is 1.52. The van der Waals surface area contributed by atoms with Crippen molar-refractivity contribution in [3.05, 3.63) is 53.4 Å². The molecule has 1 aromatic heterocycles.